The van der Waals surface area contributed by atoms with Crippen LogP contribution in [0.5, 0.6) is 0 Å². The number of likely N-dealkylation sites (tertiary alicyclic amines) is 1. The lowest BCUT2D eigenvalue weighted by Crippen LogP contribution is -2.50. The summed E-state index contributed by atoms with van der Waals surface area (Å²) < 4.78 is 0. The second-order valence-electron chi connectivity index (χ2n) is 6.93. The highest BCUT2D eigenvalue weighted by atomic mass is 16.3. The Bertz CT molecular complexity index is 550. The van der Waals surface area contributed by atoms with E-state index >= 15 is 0 Å². The number of hydrogen-bond acceptors (Lipinski definition) is 2. The van der Waals surface area contributed by atoms with Crippen LogP contribution < -0.4 is 0 Å². The predicted molar refractivity (Wildman–Crippen MR) is 87.5 cm³/mol. The first kappa shape index (κ1) is 15.3. The monoisotopic (exact) mass is 299 g/mol. The molecule has 1 amide bonds. The van der Waals surface area contributed by atoms with Crippen LogP contribution in [-0.4, -0.2) is 35.6 Å². The van der Waals surface area contributed by atoms with Crippen molar-refractivity contribution < 1.29 is 9.90 Å². The second-order valence-corrected chi connectivity index (χ2v) is 6.93. The fourth-order valence-corrected chi connectivity index (χ4v) is 3.86. The van der Waals surface area contributed by atoms with Gasteiger partial charge in [0.25, 0.3) is 0 Å². The number of allylic oxidation sites excluding steroid dienone is 1. The summed E-state index contributed by atoms with van der Waals surface area (Å²) in [5.74, 6) is 0.250. The van der Waals surface area contributed by atoms with E-state index in [0.29, 0.717) is 6.54 Å². The standard InChI is InChI=1S/C19H25NO2/c1-2-9-18(15-21)10-6-13-20(14-18)17(22)19(11-12-19)16-7-4-3-5-8-16/h2-5,7-8,21H,1,6,9-15H2/t18-/m0/s1. The quantitative estimate of drug-likeness (QED) is 0.849. The first-order chi connectivity index (χ1) is 10.7. The van der Waals surface area contributed by atoms with Gasteiger partial charge in [-0.1, -0.05) is 36.4 Å². The van der Waals surface area contributed by atoms with Crippen molar-refractivity contribution in [1.82, 2.24) is 4.90 Å². The lowest BCUT2D eigenvalue weighted by atomic mass is 9.77. The number of nitrogens with zero attached hydrogens (tertiary/aromatic N) is 1. The summed E-state index contributed by atoms with van der Waals surface area (Å²) in [6.07, 6.45) is 6.46. The van der Waals surface area contributed by atoms with E-state index < -0.39 is 0 Å². The Morgan fingerprint density at radius 3 is 2.59 bits per heavy atom. The minimum Gasteiger partial charge on any atom is -0.396 e. The molecule has 1 saturated heterocycles. The summed E-state index contributed by atoms with van der Waals surface area (Å²) >= 11 is 0. The molecular formula is C19H25NO2. The van der Waals surface area contributed by atoms with Gasteiger partial charge in [0.2, 0.25) is 5.91 Å². The summed E-state index contributed by atoms with van der Waals surface area (Å²) in [7, 11) is 0. The summed E-state index contributed by atoms with van der Waals surface area (Å²) in [4.78, 5) is 15.1. The Balaban J connectivity index is 1.79. The topological polar surface area (TPSA) is 40.5 Å². The fraction of sp³-hybridized carbons (Fsp3) is 0.526. The van der Waals surface area contributed by atoms with E-state index in [0.717, 1.165) is 44.2 Å². The molecule has 1 saturated carbocycles. The average molecular weight is 299 g/mol. The molecule has 3 heteroatoms. The molecule has 1 aromatic carbocycles. The summed E-state index contributed by atoms with van der Waals surface area (Å²) in [5.41, 5.74) is 0.653. The zero-order valence-electron chi connectivity index (χ0n) is 13.1. The number of carbonyl (C=O) groups is 1. The number of piperidine rings is 1. The van der Waals surface area contributed by atoms with Crippen molar-refractivity contribution in [2.45, 2.75) is 37.5 Å². The molecule has 0 radical (unpaired) electrons. The van der Waals surface area contributed by atoms with Crippen molar-refractivity contribution in [3.8, 4) is 0 Å². The number of rotatable bonds is 5. The fourth-order valence-electron chi connectivity index (χ4n) is 3.86. The van der Waals surface area contributed by atoms with Gasteiger partial charge in [-0.05, 0) is 37.7 Å². The molecule has 0 spiro atoms. The van der Waals surface area contributed by atoms with Crippen molar-refractivity contribution in [3.05, 3.63) is 48.6 Å². The summed E-state index contributed by atoms with van der Waals surface area (Å²) in [6.45, 7) is 5.41. The average Bonchev–Trinajstić information content (AvgIpc) is 3.37. The lowest BCUT2D eigenvalue weighted by Gasteiger charge is -2.42. The molecule has 3 nitrogen and oxygen atoms in total. The number of hydrogen-bond donors (Lipinski definition) is 1. The van der Waals surface area contributed by atoms with Crippen LogP contribution >= 0.6 is 0 Å². The maximum absolute atomic E-state index is 13.1. The van der Waals surface area contributed by atoms with Crippen molar-refractivity contribution in [1.29, 1.82) is 0 Å². The van der Waals surface area contributed by atoms with Gasteiger partial charge in [0.15, 0.2) is 0 Å². The van der Waals surface area contributed by atoms with E-state index in [4.69, 9.17) is 0 Å². The zero-order chi connectivity index (χ0) is 15.6. The highest BCUT2D eigenvalue weighted by Gasteiger charge is 2.54. The van der Waals surface area contributed by atoms with Gasteiger partial charge in [0.05, 0.1) is 12.0 Å². The van der Waals surface area contributed by atoms with Crippen LogP contribution in [-0.2, 0) is 10.2 Å². The van der Waals surface area contributed by atoms with Crippen molar-refractivity contribution in [3.63, 3.8) is 0 Å². The predicted octanol–water partition coefficient (Wildman–Crippen LogP) is 2.90. The molecule has 1 N–H and O–H groups in total. The molecule has 0 bridgehead atoms. The van der Waals surface area contributed by atoms with Crippen molar-refractivity contribution in [2.75, 3.05) is 19.7 Å². The zero-order valence-corrected chi connectivity index (χ0v) is 13.1. The van der Waals surface area contributed by atoms with Gasteiger partial charge in [0.1, 0.15) is 0 Å². The SMILES string of the molecule is C=CC[C@]1(CO)CCCN(C(=O)C2(c3ccccc3)CC2)C1. The number of carbonyl (C=O) groups excluding carboxylic acids is 1. The molecule has 1 aromatic rings. The normalized spacial score (nSPS) is 26.5. The minimum atomic E-state index is -0.298. The molecule has 2 fully saturated rings. The van der Waals surface area contributed by atoms with E-state index in [9.17, 15) is 9.90 Å². The van der Waals surface area contributed by atoms with E-state index in [-0.39, 0.29) is 23.3 Å². The van der Waals surface area contributed by atoms with Crippen LogP contribution in [0.15, 0.2) is 43.0 Å². The number of benzene rings is 1. The third-order valence-corrected chi connectivity index (χ3v) is 5.35. The van der Waals surface area contributed by atoms with Crippen molar-refractivity contribution >= 4 is 5.91 Å². The van der Waals surface area contributed by atoms with Crippen LogP contribution in [0.4, 0.5) is 0 Å². The molecule has 1 aliphatic carbocycles. The Kier molecular flexibility index (Phi) is 4.09. The van der Waals surface area contributed by atoms with Gasteiger partial charge < -0.3 is 10.0 Å². The number of aliphatic hydroxyl groups is 1. The van der Waals surface area contributed by atoms with Crippen LogP contribution in [0.3, 0.4) is 0 Å². The molecule has 3 rings (SSSR count). The molecular weight excluding hydrogens is 274 g/mol. The molecule has 0 unspecified atom stereocenters. The van der Waals surface area contributed by atoms with Crippen LogP contribution in [0, 0.1) is 5.41 Å². The van der Waals surface area contributed by atoms with E-state index in [1.54, 1.807) is 0 Å². The third-order valence-electron chi connectivity index (χ3n) is 5.35. The Morgan fingerprint density at radius 2 is 2.00 bits per heavy atom. The Hall–Kier alpha value is -1.61. The van der Waals surface area contributed by atoms with Crippen molar-refractivity contribution in [2.24, 2.45) is 5.41 Å². The molecule has 1 heterocycles. The first-order valence-electron chi connectivity index (χ1n) is 8.22. The van der Waals surface area contributed by atoms with Gasteiger partial charge >= 0.3 is 0 Å². The Labute approximate surface area is 132 Å². The van der Waals surface area contributed by atoms with Gasteiger partial charge in [-0.25, -0.2) is 0 Å². The van der Waals surface area contributed by atoms with Gasteiger partial charge in [-0.3, -0.25) is 4.79 Å². The van der Waals surface area contributed by atoms with Crippen LogP contribution in [0.1, 0.15) is 37.7 Å². The Morgan fingerprint density at radius 1 is 1.27 bits per heavy atom. The van der Waals surface area contributed by atoms with Crippen LogP contribution in [0.25, 0.3) is 0 Å². The smallest absolute Gasteiger partial charge is 0.233 e. The van der Waals surface area contributed by atoms with E-state index in [2.05, 4.69) is 18.7 Å². The highest BCUT2D eigenvalue weighted by Crippen LogP contribution is 2.50. The highest BCUT2D eigenvalue weighted by molar-refractivity contribution is 5.91. The van der Waals surface area contributed by atoms with E-state index in [1.807, 2.05) is 29.2 Å². The number of aliphatic hydroxyl groups excluding tert-OH is 1. The van der Waals surface area contributed by atoms with Gasteiger partial charge in [-0.2, -0.15) is 0 Å². The first-order valence-corrected chi connectivity index (χ1v) is 8.22. The lowest BCUT2D eigenvalue weighted by molar-refractivity contribution is -0.138. The maximum Gasteiger partial charge on any atom is 0.233 e. The van der Waals surface area contributed by atoms with Gasteiger partial charge in [0, 0.05) is 18.5 Å². The summed E-state index contributed by atoms with van der Waals surface area (Å²) in [5, 5.41) is 9.82. The molecule has 1 atom stereocenters. The maximum atomic E-state index is 13.1. The molecule has 118 valence electrons. The number of amides is 1. The van der Waals surface area contributed by atoms with Crippen LogP contribution in [0.2, 0.25) is 0 Å². The van der Waals surface area contributed by atoms with Gasteiger partial charge in [-0.15, -0.1) is 6.58 Å². The summed E-state index contributed by atoms with van der Waals surface area (Å²) in [6, 6.07) is 10.1. The third kappa shape index (κ3) is 2.58. The minimum absolute atomic E-state index is 0.126. The molecule has 2 aliphatic rings. The second kappa shape index (κ2) is 5.88. The largest absolute Gasteiger partial charge is 0.396 e. The molecule has 1 aliphatic heterocycles. The van der Waals surface area contributed by atoms with E-state index in [1.165, 1.54) is 0 Å². The molecule has 0 aromatic heterocycles. The molecule has 22 heavy (non-hydrogen) atoms.